The van der Waals surface area contributed by atoms with Crippen molar-refractivity contribution in [1.29, 1.82) is 5.26 Å². The van der Waals surface area contributed by atoms with Gasteiger partial charge in [0.05, 0.1) is 15.6 Å². The number of hydrogen-bond donors (Lipinski definition) is 0. The Morgan fingerprint density at radius 2 is 1.79 bits per heavy atom. The first kappa shape index (κ1) is 19.1. The van der Waals surface area contributed by atoms with Crippen LogP contribution in [0.15, 0.2) is 21.6 Å². The number of nitriles is 1. The summed E-state index contributed by atoms with van der Waals surface area (Å²) in [5.74, 6) is 0. The summed E-state index contributed by atoms with van der Waals surface area (Å²) >= 11 is 14.7. The third kappa shape index (κ3) is 3.39. The Labute approximate surface area is 152 Å². The maximum Gasteiger partial charge on any atom is 0.416 e. The largest absolute Gasteiger partial charge is 0.416 e. The van der Waals surface area contributed by atoms with Crippen LogP contribution in [-0.4, -0.2) is 24.5 Å². The molecule has 1 aromatic heterocycles. The van der Waals surface area contributed by atoms with Gasteiger partial charge in [-0.05, 0) is 28.1 Å². The van der Waals surface area contributed by atoms with Crippen molar-refractivity contribution in [3.8, 4) is 11.8 Å². The molecule has 0 aliphatic heterocycles. The number of alkyl halides is 3. The lowest BCUT2D eigenvalue weighted by atomic mass is 10.2. The van der Waals surface area contributed by atoms with Crippen molar-refractivity contribution < 1.29 is 21.6 Å². The van der Waals surface area contributed by atoms with E-state index in [1.807, 2.05) is 0 Å². The second-order valence-electron chi connectivity index (χ2n) is 4.55. The molecular formula is C12H5BrCl2F3N3O2S. The SMILES string of the molecule is CS(=O)(=O)c1c(C#N)nn(-c2c(Cl)cc(C(F)(F)F)cc2Cl)c1Br. The zero-order valence-corrected chi connectivity index (χ0v) is 15.4. The first-order valence-corrected chi connectivity index (χ1v) is 9.27. The summed E-state index contributed by atoms with van der Waals surface area (Å²) in [7, 11) is -3.84. The van der Waals surface area contributed by atoms with Crippen molar-refractivity contribution in [3.05, 3.63) is 38.0 Å². The Balaban J connectivity index is 2.80. The van der Waals surface area contributed by atoms with E-state index in [9.17, 15) is 21.6 Å². The lowest BCUT2D eigenvalue weighted by Gasteiger charge is -2.13. The third-order valence-electron chi connectivity index (χ3n) is 2.82. The zero-order chi connectivity index (χ0) is 18.4. The van der Waals surface area contributed by atoms with Gasteiger partial charge in [-0.1, -0.05) is 23.2 Å². The Hall–Kier alpha value is -1.28. The van der Waals surface area contributed by atoms with E-state index in [0.29, 0.717) is 12.1 Å². The fourth-order valence-electron chi connectivity index (χ4n) is 1.86. The maximum absolute atomic E-state index is 12.8. The molecule has 0 atom stereocenters. The molecule has 24 heavy (non-hydrogen) atoms. The van der Waals surface area contributed by atoms with Gasteiger partial charge in [0.1, 0.15) is 21.3 Å². The van der Waals surface area contributed by atoms with Crippen LogP contribution in [-0.2, 0) is 16.0 Å². The predicted molar refractivity (Wildman–Crippen MR) is 84.1 cm³/mol. The summed E-state index contributed by atoms with van der Waals surface area (Å²) in [6.07, 6.45) is -3.81. The van der Waals surface area contributed by atoms with E-state index in [1.165, 1.54) is 0 Å². The molecular weight excluding hydrogens is 458 g/mol. The van der Waals surface area contributed by atoms with Crippen LogP contribution in [0.3, 0.4) is 0 Å². The maximum atomic E-state index is 12.8. The van der Waals surface area contributed by atoms with Crippen molar-refractivity contribution in [2.75, 3.05) is 6.26 Å². The fraction of sp³-hybridized carbons (Fsp3) is 0.167. The summed E-state index contributed by atoms with van der Waals surface area (Å²) in [6.45, 7) is 0. The molecule has 0 saturated carbocycles. The molecule has 2 aromatic rings. The molecule has 2 rings (SSSR count). The quantitative estimate of drug-likeness (QED) is 0.669. The van der Waals surface area contributed by atoms with E-state index in [4.69, 9.17) is 28.5 Å². The summed E-state index contributed by atoms with van der Waals surface area (Å²) in [4.78, 5) is -0.419. The smallest absolute Gasteiger partial charge is 0.224 e. The lowest BCUT2D eigenvalue weighted by molar-refractivity contribution is -0.137. The molecule has 0 spiro atoms. The molecule has 0 saturated heterocycles. The Morgan fingerprint density at radius 3 is 2.12 bits per heavy atom. The van der Waals surface area contributed by atoms with Crippen LogP contribution >= 0.6 is 39.1 Å². The topological polar surface area (TPSA) is 75.8 Å². The molecule has 128 valence electrons. The number of hydrogen-bond acceptors (Lipinski definition) is 4. The minimum Gasteiger partial charge on any atom is -0.224 e. The second-order valence-corrected chi connectivity index (χ2v) is 8.07. The number of rotatable bonds is 2. The molecule has 5 nitrogen and oxygen atoms in total. The van der Waals surface area contributed by atoms with Crippen molar-refractivity contribution in [3.63, 3.8) is 0 Å². The standard InChI is InChI=1S/C12H5BrCl2F3N3O2S/c1-24(22,23)10-8(4-19)20-21(11(10)13)9-6(14)2-5(3-7(9)15)12(16,17)18/h2-3H,1H3. The number of aromatic nitrogens is 2. The molecule has 0 aliphatic rings. The molecule has 12 heteroatoms. The lowest BCUT2D eigenvalue weighted by Crippen LogP contribution is -2.07. The van der Waals surface area contributed by atoms with Gasteiger partial charge >= 0.3 is 6.18 Å². The van der Waals surface area contributed by atoms with E-state index < -0.39 is 42.2 Å². The summed E-state index contributed by atoms with van der Waals surface area (Å²) < 4.78 is 62.6. The van der Waals surface area contributed by atoms with Crippen LogP contribution < -0.4 is 0 Å². The molecule has 0 radical (unpaired) electrons. The zero-order valence-electron chi connectivity index (χ0n) is 11.5. The monoisotopic (exact) mass is 461 g/mol. The van der Waals surface area contributed by atoms with Gasteiger partial charge in [0.2, 0.25) is 0 Å². The number of nitrogens with zero attached hydrogens (tertiary/aromatic N) is 3. The average molecular weight is 463 g/mol. The van der Waals surface area contributed by atoms with E-state index in [-0.39, 0.29) is 10.3 Å². The highest BCUT2D eigenvalue weighted by atomic mass is 79.9. The minimum absolute atomic E-state index is 0.176. The number of benzene rings is 1. The second kappa shape index (κ2) is 6.22. The number of sulfone groups is 1. The van der Waals surface area contributed by atoms with Crippen LogP contribution in [0.2, 0.25) is 10.0 Å². The van der Waals surface area contributed by atoms with Crippen LogP contribution in [0.1, 0.15) is 11.3 Å². The first-order valence-electron chi connectivity index (χ1n) is 5.83. The van der Waals surface area contributed by atoms with Gasteiger partial charge in [0.15, 0.2) is 15.5 Å². The van der Waals surface area contributed by atoms with Gasteiger partial charge in [-0.2, -0.15) is 23.5 Å². The van der Waals surface area contributed by atoms with E-state index >= 15 is 0 Å². The van der Waals surface area contributed by atoms with Crippen LogP contribution in [0.5, 0.6) is 0 Å². The first-order chi connectivity index (χ1) is 10.9. The van der Waals surface area contributed by atoms with E-state index in [2.05, 4.69) is 21.0 Å². The van der Waals surface area contributed by atoms with E-state index in [1.54, 1.807) is 6.07 Å². The molecule has 1 aromatic carbocycles. The van der Waals surface area contributed by atoms with E-state index in [0.717, 1.165) is 10.9 Å². The molecule has 0 aliphatic carbocycles. The molecule has 1 heterocycles. The van der Waals surface area contributed by atoms with Crippen LogP contribution in [0.4, 0.5) is 13.2 Å². The normalized spacial score (nSPS) is 12.2. The van der Waals surface area contributed by atoms with Crippen LogP contribution in [0, 0.1) is 11.3 Å². The summed E-state index contributed by atoms with van der Waals surface area (Å²) in [5, 5.41) is 12.0. The Kier molecular flexibility index (Phi) is 4.94. The molecule has 0 amide bonds. The van der Waals surface area contributed by atoms with Gasteiger partial charge in [-0.25, -0.2) is 13.1 Å². The molecule has 0 unspecified atom stereocenters. The summed E-state index contributed by atoms with van der Waals surface area (Å²) in [5.41, 5.74) is -1.71. The highest BCUT2D eigenvalue weighted by molar-refractivity contribution is 9.10. The molecule has 0 bridgehead atoms. The molecule has 0 N–H and O–H groups in total. The predicted octanol–water partition coefficient (Wildman–Crippen LogP) is 4.24. The van der Waals surface area contributed by atoms with Gasteiger partial charge in [-0.15, -0.1) is 0 Å². The van der Waals surface area contributed by atoms with Crippen molar-refractivity contribution >= 4 is 49.0 Å². The van der Waals surface area contributed by atoms with Gasteiger partial charge in [0.25, 0.3) is 0 Å². The van der Waals surface area contributed by atoms with Gasteiger partial charge in [0, 0.05) is 6.26 Å². The number of halogens is 6. The highest BCUT2D eigenvalue weighted by Gasteiger charge is 2.33. The minimum atomic E-state index is -4.66. The fourth-order valence-corrected chi connectivity index (χ4v) is 4.67. The van der Waals surface area contributed by atoms with Crippen molar-refractivity contribution in [2.45, 2.75) is 11.1 Å². The van der Waals surface area contributed by atoms with Crippen LogP contribution in [0.25, 0.3) is 5.69 Å². The highest BCUT2D eigenvalue weighted by Crippen LogP contribution is 2.39. The Morgan fingerprint density at radius 1 is 1.29 bits per heavy atom. The Bertz CT molecular complexity index is 958. The van der Waals surface area contributed by atoms with Gasteiger partial charge in [-0.3, -0.25) is 0 Å². The third-order valence-corrected chi connectivity index (χ3v) is 5.52. The molecule has 0 fully saturated rings. The summed E-state index contributed by atoms with van der Waals surface area (Å²) in [6, 6.07) is 2.86. The van der Waals surface area contributed by atoms with Gasteiger partial charge < -0.3 is 0 Å². The average Bonchev–Trinajstić information content (AvgIpc) is 2.74. The van der Waals surface area contributed by atoms with Crippen molar-refractivity contribution in [1.82, 2.24) is 9.78 Å². The van der Waals surface area contributed by atoms with Crippen molar-refractivity contribution in [2.24, 2.45) is 0 Å².